The Balaban J connectivity index is 2.34. The number of hydrogen-bond acceptors (Lipinski definition) is 2. The zero-order chi connectivity index (χ0) is 12.7. The second kappa shape index (κ2) is 7.33. The van der Waals surface area contributed by atoms with Crippen LogP contribution in [0.15, 0.2) is 24.3 Å². The maximum absolute atomic E-state index is 9.89. The van der Waals surface area contributed by atoms with E-state index in [0.717, 1.165) is 31.4 Å². The van der Waals surface area contributed by atoms with Crippen molar-refractivity contribution < 1.29 is 9.84 Å². The number of aliphatic hydroxyl groups is 1. The first-order valence-electron chi connectivity index (χ1n) is 6.46. The van der Waals surface area contributed by atoms with Crippen molar-refractivity contribution in [2.45, 2.75) is 45.6 Å². The second-order valence-electron chi connectivity index (χ2n) is 4.79. The molecular weight excluding hydrogens is 212 g/mol. The van der Waals surface area contributed by atoms with Gasteiger partial charge in [-0.15, -0.1) is 0 Å². The molecule has 0 aliphatic carbocycles. The van der Waals surface area contributed by atoms with Gasteiger partial charge in [0.1, 0.15) is 5.75 Å². The molecule has 2 nitrogen and oxygen atoms in total. The van der Waals surface area contributed by atoms with Gasteiger partial charge in [-0.3, -0.25) is 0 Å². The van der Waals surface area contributed by atoms with Crippen molar-refractivity contribution in [3.05, 3.63) is 29.8 Å². The van der Waals surface area contributed by atoms with Crippen molar-refractivity contribution in [1.82, 2.24) is 0 Å². The smallest absolute Gasteiger partial charge is 0.118 e. The molecule has 0 saturated carbocycles. The van der Waals surface area contributed by atoms with Gasteiger partial charge >= 0.3 is 0 Å². The summed E-state index contributed by atoms with van der Waals surface area (Å²) >= 11 is 0. The molecule has 0 spiro atoms. The van der Waals surface area contributed by atoms with E-state index in [1.54, 1.807) is 7.11 Å². The Kier molecular flexibility index (Phi) is 6.06. The molecule has 0 aliphatic rings. The molecule has 0 fully saturated rings. The minimum atomic E-state index is -0.174. The standard InChI is InChI=1S/C15H24O2/c1-4-12(2)11-14(16)8-5-13-6-9-15(17-3)10-7-13/h6-7,9-10,12,14,16H,4-5,8,11H2,1-3H3. The number of aryl methyl sites for hydroxylation is 1. The highest BCUT2D eigenvalue weighted by Gasteiger charge is 2.08. The van der Waals surface area contributed by atoms with Gasteiger partial charge in [0.15, 0.2) is 0 Å². The molecule has 0 bridgehead atoms. The highest BCUT2D eigenvalue weighted by molar-refractivity contribution is 5.27. The first-order valence-corrected chi connectivity index (χ1v) is 6.46. The van der Waals surface area contributed by atoms with Crippen LogP contribution in [0.4, 0.5) is 0 Å². The van der Waals surface area contributed by atoms with Crippen molar-refractivity contribution >= 4 is 0 Å². The van der Waals surface area contributed by atoms with Crippen LogP contribution in [0.5, 0.6) is 5.75 Å². The predicted octanol–water partition coefficient (Wildman–Crippen LogP) is 3.42. The van der Waals surface area contributed by atoms with Gasteiger partial charge in [0.05, 0.1) is 13.2 Å². The molecule has 0 heterocycles. The molecule has 0 saturated heterocycles. The van der Waals surface area contributed by atoms with E-state index in [2.05, 4.69) is 26.0 Å². The van der Waals surface area contributed by atoms with Crippen molar-refractivity contribution in [2.24, 2.45) is 5.92 Å². The van der Waals surface area contributed by atoms with Gasteiger partial charge in [0.25, 0.3) is 0 Å². The SMILES string of the molecule is CCC(C)CC(O)CCc1ccc(OC)cc1. The fourth-order valence-corrected chi connectivity index (χ4v) is 1.87. The van der Waals surface area contributed by atoms with Gasteiger partial charge in [0, 0.05) is 0 Å². The highest BCUT2D eigenvalue weighted by atomic mass is 16.5. The summed E-state index contributed by atoms with van der Waals surface area (Å²) in [6, 6.07) is 8.07. The van der Waals surface area contributed by atoms with Crippen LogP contribution in [0.25, 0.3) is 0 Å². The Morgan fingerprint density at radius 3 is 2.41 bits per heavy atom. The minimum Gasteiger partial charge on any atom is -0.497 e. The minimum absolute atomic E-state index is 0.174. The van der Waals surface area contributed by atoms with Gasteiger partial charge in [-0.05, 0) is 42.9 Å². The van der Waals surface area contributed by atoms with Crippen LogP contribution in [0.1, 0.15) is 38.7 Å². The Hall–Kier alpha value is -1.02. The number of methoxy groups -OCH3 is 1. The maximum Gasteiger partial charge on any atom is 0.118 e. The van der Waals surface area contributed by atoms with Gasteiger partial charge in [-0.25, -0.2) is 0 Å². The average Bonchev–Trinajstić information content (AvgIpc) is 2.36. The molecule has 17 heavy (non-hydrogen) atoms. The van der Waals surface area contributed by atoms with E-state index in [-0.39, 0.29) is 6.10 Å². The molecule has 0 radical (unpaired) electrons. The first-order chi connectivity index (χ1) is 8.15. The molecule has 2 atom stereocenters. The van der Waals surface area contributed by atoms with Crippen LogP contribution >= 0.6 is 0 Å². The summed E-state index contributed by atoms with van der Waals surface area (Å²) in [7, 11) is 1.67. The van der Waals surface area contributed by atoms with E-state index in [0.29, 0.717) is 5.92 Å². The van der Waals surface area contributed by atoms with Crippen LogP contribution in [0, 0.1) is 5.92 Å². The zero-order valence-electron chi connectivity index (χ0n) is 11.1. The summed E-state index contributed by atoms with van der Waals surface area (Å²) in [5.41, 5.74) is 1.26. The van der Waals surface area contributed by atoms with Crippen LogP contribution in [0.3, 0.4) is 0 Å². The van der Waals surface area contributed by atoms with E-state index in [4.69, 9.17) is 4.74 Å². The summed E-state index contributed by atoms with van der Waals surface area (Å²) in [5.74, 6) is 1.50. The Bertz CT molecular complexity index is 305. The molecule has 2 heteroatoms. The van der Waals surface area contributed by atoms with Crippen LogP contribution in [0.2, 0.25) is 0 Å². The molecule has 1 rings (SSSR count). The summed E-state index contributed by atoms with van der Waals surface area (Å²) in [6.07, 6.45) is 3.65. The molecule has 0 aromatic heterocycles. The molecule has 1 aromatic rings. The van der Waals surface area contributed by atoms with Crippen molar-refractivity contribution in [2.75, 3.05) is 7.11 Å². The lowest BCUT2D eigenvalue weighted by Gasteiger charge is -2.14. The fourth-order valence-electron chi connectivity index (χ4n) is 1.87. The number of ether oxygens (including phenoxy) is 1. The second-order valence-corrected chi connectivity index (χ2v) is 4.79. The molecule has 1 N–H and O–H groups in total. The van der Waals surface area contributed by atoms with E-state index < -0.39 is 0 Å². The molecule has 1 aromatic carbocycles. The average molecular weight is 236 g/mol. The monoisotopic (exact) mass is 236 g/mol. The van der Waals surface area contributed by atoms with Gasteiger partial charge in [0.2, 0.25) is 0 Å². The number of rotatable bonds is 7. The zero-order valence-corrected chi connectivity index (χ0v) is 11.1. The van der Waals surface area contributed by atoms with Crippen LogP contribution in [-0.4, -0.2) is 18.3 Å². The first kappa shape index (κ1) is 14.0. The van der Waals surface area contributed by atoms with Gasteiger partial charge in [-0.1, -0.05) is 32.4 Å². The third kappa shape index (κ3) is 5.22. The predicted molar refractivity (Wildman–Crippen MR) is 71.4 cm³/mol. The van der Waals surface area contributed by atoms with Crippen LogP contribution in [-0.2, 0) is 6.42 Å². The normalized spacial score (nSPS) is 14.4. The van der Waals surface area contributed by atoms with Crippen LogP contribution < -0.4 is 4.74 Å². The Labute approximate surface area is 105 Å². The fraction of sp³-hybridized carbons (Fsp3) is 0.600. The molecule has 2 unspecified atom stereocenters. The lowest BCUT2D eigenvalue weighted by molar-refractivity contribution is 0.135. The lowest BCUT2D eigenvalue weighted by Crippen LogP contribution is -2.12. The largest absolute Gasteiger partial charge is 0.497 e. The maximum atomic E-state index is 9.89. The lowest BCUT2D eigenvalue weighted by atomic mass is 9.97. The molecule has 0 aliphatic heterocycles. The van der Waals surface area contributed by atoms with E-state index in [9.17, 15) is 5.11 Å². The van der Waals surface area contributed by atoms with Gasteiger partial charge in [-0.2, -0.15) is 0 Å². The van der Waals surface area contributed by atoms with Crippen molar-refractivity contribution in [3.8, 4) is 5.75 Å². The quantitative estimate of drug-likeness (QED) is 0.786. The highest BCUT2D eigenvalue weighted by Crippen LogP contribution is 2.16. The van der Waals surface area contributed by atoms with Gasteiger partial charge < -0.3 is 9.84 Å². The molecular formula is C15H24O2. The van der Waals surface area contributed by atoms with Crippen molar-refractivity contribution in [1.29, 1.82) is 0 Å². The molecule has 0 amide bonds. The topological polar surface area (TPSA) is 29.5 Å². The molecule has 96 valence electrons. The summed E-state index contributed by atoms with van der Waals surface area (Å²) in [6.45, 7) is 4.36. The Morgan fingerprint density at radius 1 is 1.24 bits per heavy atom. The van der Waals surface area contributed by atoms with E-state index >= 15 is 0 Å². The number of aliphatic hydroxyl groups excluding tert-OH is 1. The van der Waals surface area contributed by atoms with E-state index in [1.807, 2.05) is 12.1 Å². The Morgan fingerprint density at radius 2 is 1.88 bits per heavy atom. The third-order valence-corrected chi connectivity index (χ3v) is 3.30. The summed E-state index contributed by atoms with van der Waals surface area (Å²) in [4.78, 5) is 0. The van der Waals surface area contributed by atoms with E-state index in [1.165, 1.54) is 5.56 Å². The number of benzene rings is 1. The number of hydrogen-bond donors (Lipinski definition) is 1. The summed E-state index contributed by atoms with van der Waals surface area (Å²) in [5, 5.41) is 9.89. The summed E-state index contributed by atoms with van der Waals surface area (Å²) < 4.78 is 5.11. The van der Waals surface area contributed by atoms with Crippen molar-refractivity contribution in [3.63, 3.8) is 0 Å². The third-order valence-electron chi connectivity index (χ3n) is 3.30.